The van der Waals surface area contributed by atoms with Gasteiger partial charge in [0.25, 0.3) is 5.91 Å². The van der Waals surface area contributed by atoms with Crippen molar-refractivity contribution < 1.29 is 18.7 Å². The number of nitrogens with one attached hydrogen (secondary N) is 1. The van der Waals surface area contributed by atoms with E-state index in [4.69, 9.17) is 4.74 Å². The summed E-state index contributed by atoms with van der Waals surface area (Å²) < 4.78 is 21.7. The molecule has 6 nitrogen and oxygen atoms in total. The molecule has 3 heterocycles. The molecule has 1 aliphatic carbocycles. The zero-order chi connectivity index (χ0) is 20.2. The van der Waals surface area contributed by atoms with E-state index in [-0.39, 0.29) is 31.3 Å². The van der Waals surface area contributed by atoms with Crippen molar-refractivity contribution in [2.75, 3.05) is 13.1 Å². The van der Waals surface area contributed by atoms with E-state index in [1.54, 1.807) is 17.2 Å². The van der Waals surface area contributed by atoms with Crippen LogP contribution in [-0.2, 0) is 11.2 Å². The predicted molar refractivity (Wildman–Crippen MR) is 106 cm³/mol. The lowest BCUT2D eigenvalue weighted by Crippen LogP contribution is -2.61. The van der Waals surface area contributed by atoms with E-state index in [0.717, 1.165) is 15.7 Å². The Labute approximate surface area is 175 Å². The molecule has 2 fully saturated rings. The molecule has 1 saturated heterocycles. The van der Waals surface area contributed by atoms with E-state index >= 15 is 4.39 Å². The largest absolute Gasteiger partial charge is 0.441 e. The van der Waals surface area contributed by atoms with Gasteiger partial charge in [-0.1, -0.05) is 18.2 Å². The van der Waals surface area contributed by atoms with Crippen molar-refractivity contribution in [1.29, 1.82) is 0 Å². The number of hydrogen-bond donors (Lipinski definition) is 1. The molecule has 0 radical (unpaired) electrons. The third-order valence-corrected chi connectivity index (χ3v) is 6.73. The first-order chi connectivity index (χ1) is 13.9. The summed E-state index contributed by atoms with van der Waals surface area (Å²) in [6.07, 6.45) is 1.88. The molecular formula is C21H19BrFN3O3. The van der Waals surface area contributed by atoms with Crippen molar-refractivity contribution >= 4 is 27.9 Å². The molecule has 1 saturated carbocycles. The van der Waals surface area contributed by atoms with Crippen LogP contribution < -0.4 is 5.32 Å². The molecule has 150 valence electrons. The van der Waals surface area contributed by atoms with E-state index in [2.05, 4.69) is 26.2 Å². The maximum Gasteiger partial charge on any atom is 0.407 e. The number of carbonyl (C=O) groups is 2. The first-order valence-electron chi connectivity index (χ1n) is 9.53. The number of hydrogen-bond acceptors (Lipinski definition) is 4. The molecular weight excluding hydrogens is 441 g/mol. The molecule has 1 spiro atoms. The Morgan fingerprint density at radius 2 is 2.03 bits per heavy atom. The molecule has 1 atom stereocenters. The fourth-order valence-electron chi connectivity index (χ4n) is 4.82. The number of amides is 2. The number of halogens is 2. The summed E-state index contributed by atoms with van der Waals surface area (Å²) in [6, 6.07) is 10.9. The van der Waals surface area contributed by atoms with Gasteiger partial charge in [0.05, 0.1) is 24.8 Å². The molecule has 2 aliphatic heterocycles. The van der Waals surface area contributed by atoms with E-state index in [9.17, 15) is 9.59 Å². The van der Waals surface area contributed by atoms with Crippen LogP contribution in [0, 0.1) is 0 Å². The number of aromatic nitrogens is 1. The maximum absolute atomic E-state index is 15.5. The van der Waals surface area contributed by atoms with E-state index in [0.29, 0.717) is 18.5 Å². The molecule has 3 aliphatic rings. The summed E-state index contributed by atoms with van der Waals surface area (Å²) in [5.74, 6) is -0.169. The summed E-state index contributed by atoms with van der Waals surface area (Å²) >= 11 is 3.52. The fourth-order valence-corrected chi connectivity index (χ4v) is 5.24. The molecule has 1 N–H and O–H groups in total. The van der Waals surface area contributed by atoms with Crippen molar-refractivity contribution in [3.05, 3.63) is 63.9 Å². The number of alkyl halides is 1. The number of benzene rings is 1. The monoisotopic (exact) mass is 459 g/mol. The highest BCUT2D eigenvalue weighted by molar-refractivity contribution is 9.10. The Balaban J connectivity index is 1.41. The van der Waals surface area contributed by atoms with Crippen LogP contribution in [0.2, 0.25) is 0 Å². The molecule has 1 aromatic heterocycles. The second kappa shape index (κ2) is 6.52. The average molecular weight is 460 g/mol. The number of fused-ring (bicyclic) bond motifs is 1. The molecule has 1 unspecified atom stereocenters. The van der Waals surface area contributed by atoms with Gasteiger partial charge >= 0.3 is 6.09 Å². The lowest BCUT2D eigenvalue weighted by Gasteiger charge is -2.49. The van der Waals surface area contributed by atoms with Crippen LogP contribution in [0.5, 0.6) is 0 Å². The van der Waals surface area contributed by atoms with E-state index in [1.807, 2.05) is 30.3 Å². The summed E-state index contributed by atoms with van der Waals surface area (Å²) in [5.41, 5.74) is -0.0402. The van der Waals surface area contributed by atoms with Crippen molar-refractivity contribution in [3.63, 3.8) is 0 Å². The van der Waals surface area contributed by atoms with Gasteiger partial charge in [0, 0.05) is 35.5 Å². The highest BCUT2D eigenvalue weighted by Crippen LogP contribution is 2.50. The van der Waals surface area contributed by atoms with Crippen molar-refractivity contribution in [2.24, 2.45) is 0 Å². The van der Waals surface area contributed by atoms with Crippen molar-refractivity contribution in [1.82, 2.24) is 15.2 Å². The smallest absolute Gasteiger partial charge is 0.407 e. The van der Waals surface area contributed by atoms with Crippen LogP contribution in [-0.4, -0.2) is 46.2 Å². The lowest BCUT2D eigenvalue weighted by molar-refractivity contribution is -0.127. The first kappa shape index (κ1) is 18.5. The van der Waals surface area contributed by atoms with Gasteiger partial charge < -0.3 is 15.0 Å². The van der Waals surface area contributed by atoms with Crippen LogP contribution in [0.15, 0.2) is 47.1 Å². The zero-order valence-corrected chi connectivity index (χ0v) is 17.1. The summed E-state index contributed by atoms with van der Waals surface area (Å²) in [5, 5.41) is 2.59. The zero-order valence-electron chi connectivity index (χ0n) is 15.5. The maximum atomic E-state index is 15.5. The quantitative estimate of drug-likeness (QED) is 0.758. The Kier molecular flexibility index (Phi) is 4.17. The van der Waals surface area contributed by atoms with Crippen LogP contribution >= 0.6 is 15.9 Å². The van der Waals surface area contributed by atoms with Gasteiger partial charge in [-0.05, 0) is 39.7 Å². The van der Waals surface area contributed by atoms with E-state index < -0.39 is 17.4 Å². The highest BCUT2D eigenvalue weighted by Gasteiger charge is 2.62. The van der Waals surface area contributed by atoms with Gasteiger partial charge in [0.1, 0.15) is 11.3 Å². The van der Waals surface area contributed by atoms with Gasteiger partial charge in [-0.3, -0.25) is 9.78 Å². The number of ether oxygens (including phenoxy) is 1. The molecule has 5 rings (SSSR count). The van der Waals surface area contributed by atoms with Gasteiger partial charge in [0.15, 0.2) is 0 Å². The second-order valence-electron chi connectivity index (χ2n) is 8.10. The molecule has 2 aromatic rings. The minimum atomic E-state index is -1.58. The minimum Gasteiger partial charge on any atom is -0.441 e. The number of rotatable bonds is 4. The summed E-state index contributed by atoms with van der Waals surface area (Å²) in [6.45, 7) is 0.283. The third kappa shape index (κ3) is 3.10. The predicted octanol–water partition coefficient (Wildman–Crippen LogP) is 3.56. The van der Waals surface area contributed by atoms with Crippen LogP contribution in [0.1, 0.15) is 40.5 Å². The summed E-state index contributed by atoms with van der Waals surface area (Å²) in [4.78, 5) is 30.5. The second-order valence-corrected chi connectivity index (χ2v) is 8.96. The van der Waals surface area contributed by atoms with Gasteiger partial charge in [-0.25, -0.2) is 9.18 Å². The average Bonchev–Trinajstić information content (AvgIpc) is 3.17. The number of nitrogens with zero attached hydrogens (tertiary/aromatic N) is 2. The van der Waals surface area contributed by atoms with Gasteiger partial charge in [-0.2, -0.15) is 0 Å². The minimum absolute atomic E-state index is 0.0328. The Morgan fingerprint density at radius 3 is 2.76 bits per heavy atom. The molecule has 8 heteroatoms. The first-order valence-corrected chi connectivity index (χ1v) is 10.3. The normalized spacial score (nSPS) is 30.1. The Morgan fingerprint density at radius 1 is 1.24 bits per heavy atom. The van der Waals surface area contributed by atoms with Crippen LogP contribution in [0.3, 0.4) is 0 Å². The van der Waals surface area contributed by atoms with Crippen molar-refractivity contribution in [3.8, 4) is 0 Å². The van der Waals surface area contributed by atoms with Crippen LogP contribution in [0.4, 0.5) is 9.18 Å². The molecule has 2 amide bonds. The van der Waals surface area contributed by atoms with Gasteiger partial charge in [-0.15, -0.1) is 0 Å². The topological polar surface area (TPSA) is 71.5 Å². The highest BCUT2D eigenvalue weighted by atomic mass is 79.9. The number of pyridine rings is 1. The SMILES string of the molecule is O=C1NCC2(CC(F)(CN3C(=O)c4ccccc4C3Cc3ncccc3Br)C2)O1. The molecule has 29 heavy (non-hydrogen) atoms. The van der Waals surface area contributed by atoms with Crippen LogP contribution in [0.25, 0.3) is 0 Å². The molecule has 1 aromatic carbocycles. The Bertz CT molecular complexity index is 1010. The summed E-state index contributed by atoms with van der Waals surface area (Å²) in [7, 11) is 0. The lowest BCUT2D eigenvalue weighted by atomic mass is 9.68. The molecule has 0 bridgehead atoms. The number of carbonyl (C=O) groups excluding carboxylic acids is 2. The van der Waals surface area contributed by atoms with E-state index in [1.165, 1.54) is 0 Å². The standard InChI is InChI=1S/C21H19BrFN3O3/c22-15-6-3-7-24-16(15)8-17-13-4-1-2-5-14(13)18(27)26(17)12-20(23)9-21(10-20)11-25-19(28)29-21/h1-7,17H,8-12H2,(H,25,28). The number of alkyl carbamates (subject to hydrolysis) is 1. The van der Waals surface area contributed by atoms with Gasteiger partial charge in [0.2, 0.25) is 0 Å². The van der Waals surface area contributed by atoms with Crippen molar-refractivity contribution in [2.45, 2.75) is 36.6 Å². The Hall–Kier alpha value is -2.48. The fraction of sp³-hybridized carbons (Fsp3) is 0.381. The third-order valence-electron chi connectivity index (χ3n) is 6.00.